The number of aromatic nitrogens is 1. The number of carbonyl (C=O) groups is 2. The van der Waals surface area contributed by atoms with Gasteiger partial charge in [0, 0.05) is 29.1 Å². The molecular formula is C30H35N3O3. The maximum atomic E-state index is 13.6. The van der Waals surface area contributed by atoms with Crippen LogP contribution in [0.25, 0.3) is 11.1 Å². The van der Waals surface area contributed by atoms with Gasteiger partial charge in [0.1, 0.15) is 11.6 Å². The molecule has 6 heteroatoms. The Morgan fingerprint density at radius 3 is 2.44 bits per heavy atom. The van der Waals surface area contributed by atoms with Gasteiger partial charge in [-0.1, -0.05) is 36.4 Å². The van der Waals surface area contributed by atoms with Crippen molar-refractivity contribution in [2.45, 2.75) is 71.4 Å². The second-order valence-electron chi connectivity index (χ2n) is 10.5. The first kappa shape index (κ1) is 25.4. The molecule has 0 radical (unpaired) electrons. The monoisotopic (exact) mass is 485 g/mol. The normalized spacial score (nSPS) is 16.0. The summed E-state index contributed by atoms with van der Waals surface area (Å²) in [4.78, 5) is 30.7. The van der Waals surface area contributed by atoms with E-state index in [0.717, 1.165) is 47.2 Å². The highest BCUT2D eigenvalue weighted by Gasteiger charge is 2.35. The van der Waals surface area contributed by atoms with E-state index < -0.39 is 17.7 Å². The van der Waals surface area contributed by atoms with Crippen molar-refractivity contribution in [2.24, 2.45) is 0 Å². The van der Waals surface area contributed by atoms with Gasteiger partial charge < -0.3 is 15.4 Å². The van der Waals surface area contributed by atoms with Crippen LogP contribution in [0.1, 0.15) is 61.9 Å². The Balaban J connectivity index is 1.58. The summed E-state index contributed by atoms with van der Waals surface area (Å²) in [5.74, 6) is -0.397. The number of pyridine rings is 1. The molecule has 0 saturated carbocycles. The number of rotatable bonds is 5. The molecular weight excluding hydrogens is 450 g/mol. The lowest BCUT2D eigenvalue weighted by atomic mass is 9.78. The van der Waals surface area contributed by atoms with Crippen LogP contribution in [-0.4, -0.2) is 28.6 Å². The fraction of sp³-hybridized carbons (Fsp3) is 0.367. The van der Waals surface area contributed by atoms with E-state index >= 15 is 0 Å². The van der Waals surface area contributed by atoms with E-state index in [1.807, 2.05) is 76.4 Å². The Labute approximate surface area is 213 Å². The van der Waals surface area contributed by atoms with Gasteiger partial charge >= 0.3 is 6.09 Å². The van der Waals surface area contributed by atoms with Crippen molar-refractivity contribution < 1.29 is 14.3 Å². The molecule has 4 rings (SSSR count). The van der Waals surface area contributed by atoms with Crippen molar-refractivity contribution in [1.29, 1.82) is 0 Å². The maximum absolute atomic E-state index is 13.6. The van der Waals surface area contributed by atoms with Crippen LogP contribution in [0.2, 0.25) is 0 Å². The third kappa shape index (κ3) is 5.93. The Hall–Kier alpha value is -3.67. The standard InChI is InChI=1S/C30H35N3O3/c1-19-17-18-31-20(2)26(19)22-13-15-23(16-14-22)32-28(34)27(33-29(35)36-30(3,4)5)25-12-8-10-21-9-6-7-11-24(21)25/h6-7,9,11,13-18,25,27H,8,10,12H2,1-5H3,(H,32,34)(H,33,35)/t25-,27?/m0/s1. The van der Waals surface area contributed by atoms with E-state index in [9.17, 15) is 9.59 Å². The summed E-state index contributed by atoms with van der Waals surface area (Å²) in [6, 6.07) is 17.1. The molecule has 2 N–H and O–H groups in total. The number of carbonyl (C=O) groups excluding carboxylic acids is 2. The summed E-state index contributed by atoms with van der Waals surface area (Å²) < 4.78 is 5.50. The van der Waals surface area contributed by atoms with Crippen LogP contribution < -0.4 is 10.6 Å². The number of benzene rings is 2. The van der Waals surface area contributed by atoms with Crippen molar-refractivity contribution in [3.8, 4) is 11.1 Å². The molecule has 0 saturated heterocycles. The first-order chi connectivity index (χ1) is 17.1. The molecule has 36 heavy (non-hydrogen) atoms. The van der Waals surface area contributed by atoms with Crippen LogP contribution >= 0.6 is 0 Å². The number of anilines is 1. The average Bonchev–Trinajstić information content (AvgIpc) is 2.82. The van der Waals surface area contributed by atoms with Gasteiger partial charge in [-0.05, 0) is 94.3 Å². The van der Waals surface area contributed by atoms with Crippen LogP contribution in [0.3, 0.4) is 0 Å². The average molecular weight is 486 g/mol. The Morgan fingerprint density at radius 2 is 1.75 bits per heavy atom. The first-order valence-electron chi connectivity index (χ1n) is 12.5. The summed E-state index contributed by atoms with van der Waals surface area (Å²) in [5, 5.41) is 5.90. The van der Waals surface area contributed by atoms with Crippen LogP contribution in [0, 0.1) is 13.8 Å². The van der Waals surface area contributed by atoms with Crippen LogP contribution in [-0.2, 0) is 16.0 Å². The fourth-order valence-corrected chi connectivity index (χ4v) is 4.99. The van der Waals surface area contributed by atoms with E-state index in [2.05, 4.69) is 34.7 Å². The first-order valence-corrected chi connectivity index (χ1v) is 12.5. The lowest BCUT2D eigenvalue weighted by Gasteiger charge is -2.32. The molecule has 0 fully saturated rings. The third-order valence-electron chi connectivity index (χ3n) is 6.56. The summed E-state index contributed by atoms with van der Waals surface area (Å²) >= 11 is 0. The topological polar surface area (TPSA) is 80.3 Å². The molecule has 188 valence electrons. The zero-order valence-electron chi connectivity index (χ0n) is 21.7. The minimum absolute atomic E-state index is 0.137. The maximum Gasteiger partial charge on any atom is 0.408 e. The quantitative estimate of drug-likeness (QED) is 0.443. The molecule has 6 nitrogen and oxygen atoms in total. The number of amides is 2. The van der Waals surface area contributed by atoms with Gasteiger partial charge in [0.25, 0.3) is 0 Å². The molecule has 1 heterocycles. The second-order valence-corrected chi connectivity index (χ2v) is 10.5. The lowest BCUT2D eigenvalue weighted by molar-refractivity contribution is -0.118. The van der Waals surface area contributed by atoms with Crippen molar-refractivity contribution in [2.75, 3.05) is 5.32 Å². The largest absolute Gasteiger partial charge is 0.444 e. The van der Waals surface area contributed by atoms with Gasteiger partial charge in [0.2, 0.25) is 5.91 Å². The molecule has 1 aliphatic carbocycles. The van der Waals surface area contributed by atoms with E-state index in [0.29, 0.717) is 5.69 Å². The van der Waals surface area contributed by atoms with Crippen molar-refractivity contribution >= 4 is 17.7 Å². The molecule has 2 atom stereocenters. The number of nitrogens with one attached hydrogen (secondary N) is 2. The summed E-state index contributed by atoms with van der Waals surface area (Å²) in [5.41, 5.74) is 6.60. The van der Waals surface area contributed by atoms with Crippen molar-refractivity contribution in [3.63, 3.8) is 0 Å². The summed E-state index contributed by atoms with van der Waals surface area (Å²) in [7, 11) is 0. The van der Waals surface area contributed by atoms with E-state index in [1.54, 1.807) is 0 Å². The van der Waals surface area contributed by atoms with Gasteiger partial charge in [-0.2, -0.15) is 0 Å². The Bertz CT molecular complexity index is 1220. The zero-order valence-corrected chi connectivity index (χ0v) is 21.7. The van der Waals surface area contributed by atoms with E-state index in [-0.39, 0.29) is 11.8 Å². The highest BCUT2D eigenvalue weighted by atomic mass is 16.6. The molecule has 1 unspecified atom stereocenters. The molecule has 3 aromatic rings. The molecule has 2 amide bonds. The molecule has 2 aromatic carbocycles. The van der Waals surface area contributed by atoms with E-state index in [4.69, 9.17) is 4.74 Å². The Morgan fingerprint density at radius 1 is 1.03 bits per heavy atom. The van der Waals surface area contributed by atoms with Gasteiger partial charge in [-0.25, -0.2) is 4.79 Å². The molecule has 0 spiro atoms. The zero-order chi connectivity index (χ0) is 25.9. The number of ether oxygens (including phenoxy) is 1. The van der Waals surface area contributed by atoms with Gasteiger partial charge in [-0.3, -0.25) is 9.78 Å². The predicted molar refractivity (Wildman–Crippen MR) is 143 cm³/mol. The Kier molecular flexibility index (Phi) is 7.43. The molecule has 0 bridgehead atoms. The van der Waals surface area contributed by atoms with Crippen LogP contribution in [0.4, 0.5) is 10.5 Å². The lowest BCUT2D eigenvalue weighted by Crippen LogP contribution is -2.49. The summed E-state index contributed by atoms with van der Waals surface area (Å²) in [6.07, 6.45) is 3.96. The number of nitrogens with zero attached hydrogens (tertiary/aromatic N) is 1. The number of alkyl carbamates (subject to hydrolysis) is 1. The van der Waals surface area contributed by atoms with Crippen LogP contribution in [0.15, 0.2) is 60.8 Å². The van der Waals surface area contributed by atoms with Crippen LogP contribution in [0.5, 0.6) is 0 Å². The molecule has 1 aromatic heterocycles. The fourth-order valence-electron chi connectivity index (χ4n) is 4.99. The van der Waals surface area contributed by atoms with Gasteiger partial charge in [0.05, 0.1) is 0 Å². The van der Waals surface area contributed by atoms with Crippen molar-refractivity contribution in [3.05, 3.63) is 83.2 Å². The molecule has 1 aliphatic rings. The number of fused-ring (bicyclic) bond motifs is 1. The minimum atomic E-state index is -0.760. The summed E-state index contributed by atoms with van der Waals surface area (Å²) in [6.45, 7) is 9.49. The van der Waals surface area contributed by atoms with Gasteiger partial charge in [-0.15, -0.1) is 0 Å². The van der Waals surface area contributed by atoms with E-state index in [1.165, 1.54) is 5.56 Å². The highest BCUT2D eigenvalue weighted by Crippen LogP contribution is 2.35. The third-order valence-corrected chi connectivity index (χ3v) is 6.56. The molecule has 0 aliphatic heterocycles. The highest BCUT2D eigenvalue weighted by molar-refractivity contribution is 5.97. The minimum Gasteiger partial charge on any atom is -0.444 e. The van der Waals surface area contributed by atoms with Crippen molar-refractivity contribution in [1.82, 2.24) is 10.3 Å². The number of hydrogen-bond acceptors (Lipinski definition) is 4. The smallest absolute Gasteiger partial charge is 0.408 e. The second kappa shape index (κ2) is 10.5. The SMILES string of the molecule is Cc1ccnc(C)c1-c1ccc(NC(=O)C(NC(=O)OC(C)(C)C)[C@H]2CCCc3ccccc32)cc1. The number of aryl methyl sites for hydroxylation is 3. The number of hydrogen-bond donors (Lipinski definition) is 2. The predicted octanol–water partition coefficient (Wildman–Crippen LogP) is 6.32. The van der Waals surface area contributed by atoms with Gasteiger partial charge in [0.15, 0.2) is 0 Å².